The summed E-state index contributed by atoms with van der Waals surface area (Å²) in [6.07, 6.45) is 0. The van der Waals surface area contributed by atoms with Crippen molar-refractivity contribution in [3.63, 3.8) is 0 Å². The minimum absolute atomic E-state index is 0.0797. The Balaban J connectivity index is 1.13. The van der Waals surface area contributed by atoms with Crippen molar-refractivity contribution in [2.24, 2.45) is 0 Å². The molecule has 9 rings (SSSR count). The molecule has 0 unspecified atom stereocenters. The molecule has 0 N–H and O–H groups in total. The molecule has 0 bridgehead atoms. The topological polar surface area (TPSA) is 25.8 Å². The summed E-state index contributed by atoms with van der Waals surface area (Å²) in [4.78, 5) is 10.0. The van der Waals surface area contributed by atoms with Gasteiger partial charge in [0.15, 0.2) is 5.82 Å². The van der Waals surface area contributed by atoms with Crippen LogP contribution in [0.3, 0.4) is 0 Å². The van der Waals surface area contributed by atoms with Crippen molar-refractivity contribution in [3.05, 3.63) is 181 Å². The Bertz CT molecular complexity index is 2440. The summed E-state index contributed by atoms with van der Waals surface area (Å²) in [6, 6.07) is 60.6. The summed E-state index contributed by atoms with van der Waals surface area (Å²) >= 11 is 0. The zero-order valence-corrected chi connectivity index (χ0v) is 27.6. The van der Waals surface area contributed by atoms with E-state index in [1.54, 1.807) is 0 Å². The molecule has 1 heterocycles. The van der Waals surface area contributed by atoms with E-state index in [9.17, 15) is 0 Å². The van der Waals surface area contributed by atoms with Gasteiger partial charge in [-0.15, -0.1) is 0 Å². The van der Waals surface area contributed by atoms with E-state index >= 15 is 0 Å². The fourth-order valence-electron chi connectivity index (χ4n) is 7.65. The fourth-order valence-corrected chi connectivity index (χ4v) is 7.65. The number of benzene rings is 7. The SMILES string of the molecule is CC1(C)c2ccccc2-c2c(-c3ccc(-c4cccc(-c5cc(-c6ccccc6)nc(-c6ccccc6)n5)c4)cc3)cc3ccccc3c21. The number of hydrogen-bond acceptors (Lipinski definition) is 2. The first-order valence-corrected chi connectivity index (χ1v) is 16.9. The van der Waals surface area contributed by atoms with Crippen LogP contribution in [-0.4, -0.2) is 9.97 Å². The minimum atomic E-state index is -0.0797. The summed E-state index contributed by atoms with van der Waals surface area (Å²) in [5, 5.41) is 2.62. The molecule has 0 amide bonds. The molecule has 0 saturated heterocycles. The maximum absolute atomic E-state index is 5.07. The monoisotopic (exact) mass is 626 g/mol. The Morgan fingerprint density at radius 1 is 0.408 bits per heavy atom. The molecule has 1 aromatic heterocycles. The normalized spacial score (nSPS) is 12.9. The van der Waals surface area contributed by atoms with Crippen molar-refractivity contribution in [3.8, 4) is 67.3 Å². The van der Waals surface area contributed by atoms with Crippen molar-refractivity contribution in [2.45, 2.75) is 19.3 Å². The summed E-state index contributed by atoms with van der Waals surface area (Å²) in [5.74, 6) is 0.722. The number of hydrogen-bond donors (Lipinski definition) is 0. The molecule has 2 heteroatoms. The molecule has 1 aliphatic rings. The third-order valence-electron chi connectivity index (χ3n) is 10.1. The maximum Gasteiger partial charge on any atom is 0.160 e. The molecule has 0 saturated carbocycles. The standard InChI is InChI=1S/C47H34N2/c1-47(2)41-23-12-11-22-39(41)44-40(29-36-18-9-10-21-38(36)45(44)47)32-26-24-31(25-27-32)35-19-13-20-37(28-35)43-30-42(33-14-5-3-6-15-33)48-46(49-43)34-16-7-4-8-17-34/h3-30H,1-2H3. The third-order valence-corrected chi connectivity index (χ3v) is 10.1. The molecule has 1 aliphatic carbocycles. The Labute approximate surface area is 287 Å². The van der Waals surface area contributed by atoms with Crippen molar-refractivity contribution in [1.82, 2.24) is 9.97 Å². The highest BCUT2D eigenvalue weighted by Crippen LogP contribution is 2.54. The number of aromatic nitrogens is 2. The predicted molar refractivity (Wildman–Crippen MR) is 204 cm³/mol. The van der Waals surface area contributed by atoms with Gasteiger partial charge in [0.1, 0.15) is 0 Å². The van der Waals surface area contributed by atoms with Gasteiger partial charge >= 0.3 is 0 Å². The van der Waals surface area contributed by atoms with Gasteiger partial charge in [0.05, 0.1) is 11.4 Å². The van der Waals surface area contributed by atoms with Gasteiger partial charge in [-0.3, -0.25) is 0 Å². The van der Waals surface area contributed by atoms with E-state index in [1.807, 2.05) is 24.3 Å². The largest absolute Gasteiger partial charge is 0.228 e. The average molecular weight is 627 g/mol. The van der Waals surface area contributed by atoms with Gasteiger partial charge in [0.2, 0.25) is 0 Å². The van der Waals surface area contributed by atoms with Gasteiger partial charge in [-0.1, -0.05) is 166 Å². The second-order valence-corrected chi connectivity index (χ2v) is 13.4. The van der Waals surface area contributed by atoms with Gasteiger partial charge in [-0.25, -0.2) is 9.97 Å². The molecule has 0 radical (unpaired) electrons. The molecule has 0 atom stereocenters. The lowest BCUT2D eigenvalue weighted by molar-refractivity contribution is 0.666. The Kier molecular flexibility index (Phi) is 6.84. The van der Waals surface area contributed by atoms with E-state index in [0.29, 0.717) is 0 Å². The Hall–Kier alpha value is -6.12. The third kappa shape index (κ3) is 4.96. The van der Waals surface area contributed by atoms with E-state index in [0.717, 1.165) is 39.5 Å². The van der Waals surface area contributed by atoms with Crippen LogP contribution in [0.1, 0.15) is 25.0 Å². The quantitative estimate of drug-likeness (QED) is 0.190. The van der Waals surface area contributed by atoms with Crippen LogP contribution in [0.25, 0.3) is 78.1 Å². The van der Waals surface area contributed by atoms with Crippen LogP contribution >= 0.6 is 0 Å². The zero-order valence-electron chi connectivity index (χ0n) is 27.6. The summed E-state index contributed by atoms with van der Waals surface area (Å²) < 4.78 is 0. The molecule has 8 aromatic rings. The molecule has 0 aliphatic heterocycles. The van der Waals surface area contributed by atoms with Crippen LogP contribution in [0.15, 0.2) is 170 Å². The van der Waals surface area contributed by atoms with Gasteiger partial charge in [-0.05, 0) is 73.5 Å². The van der Waals surface area contributed by atoms with Crippen molar-refractivity contribution in [2.75, 3.05) is 0 Å². The molecule has 2 nitrogen and oxygen atoms in total. The lowest BCUT2D eigenvalue weighted by atomic mass is 9.79. The van der Waals surface area contributed by atoms with E-state index in [2.05, 4.69) is 159 Å². The number of fused-ring (bicyclic) bond motifs is 5. The van der Waals surface area contributed by atoms with Crippen LogP contribution < -0.4 is 0 Å². The molecule has 0 fully saturated rings. The fraction of sp³-hybridized carbons (Fsp3) is 0.0638. The van der Waals surface area contributed by atoms with Gasteiger partial charge in [-0.2, -0.15) is 0 Å². The molecular weight excluding hydrogens is 593 g/mol. The van der Waals surface area contributed by atoms with Crippen LogP contribution in [0.5, 0.6) is 0 Å². The summed E-state index contributed by atoms with van der Waals surface area (Å²) in [5.41, 5.74) is 15.2. The minimum Gasteiger partial charge on any atom is -0.228 e. The first-order chi connectivity index (χ1) is 24.0. The predicted octanol–water partition coefficient (Wildman–Crippen LogP) is 12.3. The van der Waals surface area contributed by atoms with Crippen LogP contribution in [0, 0.1) is 0 Å². The molecule has 7 aromatic carbocycles. The van der Waals surface area contributed by atoms with Crippen molar-refractivity contribution >= 4 is 10.8 Å². The van der Waals surface area contributed by atoms with Crippen molar-refractivity contribution in [1.29, 1.82) is 0 Å². The van der Waals surface area contributed by atoms with Gasteiger partial charge in [0.25, 0.3) is 0 Å². The molecule has 232 valence electrons. The van der Waals surface area contributed by atoms with Crippen LogP contribution in [0.2, 0.25) is 0 Å². The zero-order chi connectivity index (χ0) is 33.0. The molecule has 49 heavy (non-hydrogen) atoms. The van der Waals surface area contributed by atoms with E-state index in [-0.39, 0.29) is 5.41 Å². The summed E-state index contributed by atoms with van der Waals surface area (Å²) in [6.45, 7) is 4.74. The van der Waals surface area contributed by atoms with E-state index in [4.69, 9.17) is 9.97 Å². The molecule has 0 spiro atoms. The number of nitrogens with zero attached hydrogens (tertiary/aromatic N) is 2. The lowest BCUT2D eigenvalue weighted by Gasteiger charge is -2.24. The lowest BCUT2D eigenvalue weighted by Crippen LogP contribution is -2.15. The van der Waals surface area contributed by atoms with Crippen LogP contribution in [-0.2, 0) is 5.41 Å². The Morgan fingerprint density at radius 3 is 1.78 bits per heavy atom. The van der Waals surface area contributed by atoms with Gasteiger partial charge < -0.3 is 0 Å². The second-order valence-electron chi connectivity index (χ2n) is 13.4. The first-order valence-electron chi connectivity index (χ1n) is 16.9. The Morgan fingerprint density at radius 2 is 1.00 bits per heavy atom. The first kappa shape index (κ1) is 29.1. The van der Waals surface area contributed by atoms with Gasteiger partial charge in [0, 0.05) is 22.1 Å². The molecular formula is C47H34N2. The highest BCUT2D eigenvalue weighted by molar-refractivity contribution is 6.04. The summed E-state index contributed by atoms with van der Waals surface area (Å²) in [7, 11) is 0. The van der Waals surface area contributed by atoms with E-state index < -0.39 is 0 Å². The van der Waals surface area contributed by atoms with Crippen molar-refractivity contribution < 1.29 is 0 Å². The van der Waals surface area contributed by atoms with E-state index in [1.165, 1.54) is 49.7 Å². The maximum atomic E-state index is 5.07. The average Bonchev–Trinajstić information content (AvgIpc) is 3.42. The highest BCUT2D eigenvalue weighted by atomic mass is 14.9. The highest BCUT2D eigenvalue weighted by Gasteiger charge is 2.38. The smallest absolute Gasteiger partial charge is 0.160 e. The van der Waals surface area contributed by atoms with Crippen LogP contribution in [0.4, 0.5) is 0 Å². The second kappa shape index (κ2) is 11.5. The number of rotatable bonds is 5.